The highest BCUT2D eigenvalue weighted by atomic mass is 16.5. The van der Waals surface area contributed by atoms with Gasteiger partial charge in [-0.15, -0.1) is 0 Å². The van der Waals surface area contributed by atoms with E-state index in [9.17, 15) is 4.79 Å². The van der Waals surface area contributed by atoms with Crippen LogP contribution in [0.2, 0.25) is 0 Å². The van der Waals surface area contributed by atoms with Crippen LogP contribution in [0.25, 0.3) is 0 Å². The fraction of sp³-hybridized carbons (Fsp3) is 0.500. The first kappa shape index (κ1) is 12.7. The molecule has 4 nitrogen and oxygen atoms in total. The maximum Gasteiger partial charge on any atom is 0.229 e. The number of ether oxygens (including phenoxy) is 2. The number of anilines is 1. The number of rotatable bonds is 2. The lowest BCUT2D eigenvalue weighted by molar-refractivity contribution is -0.123. The van der Waals surface area contributed by atoms with Crippen LogP contribution in [0.5, 0.6) is 11.5 Å². The molecule has 0 bridgehead atoms. The van der Waals surface area contributed by atoms with Gasteiger partial charge in [-0.2, -0.15) is 0 Å². The summed E-state index contributed by atoms with van der Waals surface area (Å²) >= 11 is 0. The van der Waals surface area contributed by atoms with Crippen molar-refractivity contribution < 1.29 is 14.3 Å². The Morgan fingerprint density at radius 1 is 1.39 bits per heavy atom. The Balaban J connectivity index is 2.37. The summed E-state index contributed by atoms with van der Waals surface area (Å²) in [6.07, 6.45) is 0.873. The number of carbonyl (C=O) groups is 1. The van der Waals surface area contributed by atoms with Crippen molar-refractivity contribution in [2.24, 2.45) is 5.41 Å². The first-order valence-electron chi connectivity index (χ1n) is 6.07. The Labute approximate surface area is 107 Å². The minimum absolute atomic E-state index is 0.0512. The molecule has 0 saturated carbocycles. The molecule has 4 heteroatoms. The molecule has 0 unspecified atom stereocenters. The Morgan fingerprint density at radius 3 is 2.72 bits per heavy atom. The monoisotopic (exact) mass is 249 g/mol. The molecule has 0 aliphatic carbocycles. The molecule has 1 heterocycles. The fourth-order valence-electron chi connectivity index (χ4n) is 1.82. The van der Waals surface area contributed by atoms with E-state index in [2.05, 4.69) is 5.32 Å². The number of fused-ring (bicyclic) bond motifs is 1. The molecular formula is C14H19NO3. The molecule has 2 rings (SSSR count). The van der Waals surface area contributed by atoms with Crippen LogP contribution < -0.4 is 14.8 Å². The summed E-state index contributed by atoms with van der Waals surface area (Å²) in [4.78, 5) is 12.1. The summed E-state index contributed by atoms with van der Waals surface area (Å²) in [5, 5.41) is 2.91. The van der Waals surface area contributed by atoms with Crippen LogP contribution in [-0.4, -0.2) is 19.6 Å². The third-order valence-electron chi connectivity index (χ3n) is 2.96. The molecule has 0 atom stereocenters. The van der Waals surface area contributed by atoms with Gasteiger partial charge >= 0.3 is 0 Å². The molecule has 1 amide bonds. The highest BCUT2D eigenvalue weighted by Crippen LogP contribution is 2.41. The number of carbonyl (C=O) groups excluding carboxylic acids is 1. The summed E-state index contributed by atoms with van der Waals surface area (Å²) in [5.41, 5.74) is 1.30. The van der Waals surface area contributed by atoms with Crippen molar-refractivity contribution in [1.82, 2.24) is 0 Å². The molecular weight excluding hydrogens is 230 g/mol. The van der Waals surface area contributed by atoms with Gasteiger partial charge in [0.05, 0.1) is 13.7 Å². The maximum absolute atomic E-state index is 12.1. The Bertz CT molecular complexity index is 475. The van der Waals surface area contributed by atoms with Crippen LogP contribution >= 0.6 is 0 Å². The zero-order valence-electron chi connectivity index (χ0n) is 11.3. The van der Waals surface area contributed by atoms with Gasteiger partial charge in [0.1, 0.15) is 17.2 Å². The first-order valence-corrected chi connectivity index (χ1v) is 6.07. The summed E-state index contributed by atoms with van der Waals surface area (Å²) in [6.45, 7) is 6.28. The van der Waals surface area contributed by atoms with Gasteiger partial charge < -0.3 is 14.8 Å². The van der Waals surface area contributed by atoms with Crippen LogP contribution in [0.4, 0.5) is 5.69 Å². The van der Waals surface area contributed by atoms with Gasteiger partial charge in [-0.25, -0.2) is 0 Å². The van der Waals surface area contributed by atoms with E-state index in [1.165, 1.54) is 0 Å². The quantitative estimate of drug-likeness (QED) is 0.876. The topological polar surface area (TPSA) is 47.6 Å². The second-order valence-corrected chi connectivity index (χ2v) is 5.43. The van der Waals surface area contributed by atoms with Crippen LogP contribution in [0.15, 0.2) is 12.1 Å². The van der Waals surface area contributed by atoms with Crippen molar-refractivity contribution in [3.05, 3.63) is 17.7 Å². The third-order valence-corrected chi connectivity index (χ3v) is 2.96. The van der Waals surface area contributed by atoms with E-state index in [0.29, 0.717) is 18.0 Å². The Morgan fingerprint density at radius 2 is 2.11 bits per heavy atom. The number of methoxy groups -OCH3 is 1. The molecule has 0 saturated heterocycles. The minimum Gasteiger partial charge on any atom is -0.494 e. The molecule has 1 aliphatic heterocycles. The number of amides is 1. The van der Waals surface area contributed by atoms with Crippen LogP contribution in [0.3, 0.4) is 0 Å². The molecule has 1 aromatic rings. The standard InChI is InChI=1S/C14H19NO3/c1-14(2,3)13(16)15-11-10(17-4)6-5-9-7-8-18-12(9)11/h5-6H,7-8H2,1-4H3,(H,15,16). The van der Waals surface area contributed by atoms with Crippen LogP contribution in [0.1, 0.15) is 26.3 Å². The molecule has 98 valence electrons. The van der Waals surface area contributed by atoms with E-state index < -0.39 is 5.41 Å². The van der Waals surface area contributed by atoms with Crippen molar-refractivity contribution in [3.8, 4) is 11.5 Å². The molecule has 0 spiro atoms. The number of benzene rings is 1. The van der Waals surface area contributed by atoms with Crippen molar-refractivity contribution in [3.63, 3.8) is 0 Å². The lowest BCUT2D eigenvalue weighted by Crippen LogP contribution is -2.28. The summed E-state index contributed by atoms with van der Waals surface area (Å²) in [6, 6.07) is 3.85. The van der Waals surface area contributed by atoms with Gasteiger partial charge in [0.2, 0.25) is 5.91 Å². The predicted molar refractivity (Wildman–Crippen MR) is 70.3 cm³/mol. The van der Waals surface area contributed by atoms with Crippen molar-refractivity contribution in [1.29, 1.82) is 0 Å². The average Bonchev–Trinajstić information content (AvgIpc) is 2.76. The molecule has 0 aromatic heterocycles. The van der Waals surface area contributed by atoms with E-state index in [1.807, 2.05) is 32.9 Å². The lowest BCUT2D eigenvalue weighted by Gasteiger charge is -2.20. The fourth-order valence-corrected chi connectivity index (χ4v) is 1.82. The van der Waals surface area contributed by atoms with Gasteiger partial charge in [-0.05, 0) is 11.6 Å². The average molecular weight is 249 g/mol. The van der Waals surface area contributed by atoms with Gasteiger partial charge in [-0.1, -0.05) is 26.8 Å². The number of nitrogens with one attached hydrogen (secondary N) is 1. The van der Waals surface area contributed by atoms with Crippen LogP contribution in [0, 0.1) is 5.41 Å². The predicted octanol–water partition coefficient (Wildman–Crippen LogP) is 2.61. The summed E-state index contributed by atoms with van der Waals surface area (Å²) in [5.74, 6) is 1.32. The molecule has 0 radical (unpaired) electrons. The SMILES string of the molecule is COc1ccc2c(c1NC(=O)C(C)(C)C)OCC2. The van der Waals surface area contributed by atoms with Gasteiger partial charge in [0, 0.05) is 11.8 Å². The molecule has 18 heavy (non-hydrogen) atoms. The summed E-state index contributed by atoms with van der Waals surface area (Å²) < 4.78 is 10.9. The second kappa shape index (κ2) is 4.52. The highest BCUT2D eigenvalue weighted by molar-refractivity contribution is 5.97. The largest absolute Gasteiger partial charge is 0.494 e. The zero-order chi connectivity index (χ0) is 13.3. The smallest absolute Gasteiger partial charge is 0.229 e. The van der Waals surface area contributed by atoms with E-state index in [-0.39, 0.29) is 5.91 Å². The van der Waals surface area contributed by atoms with Crippen LogP contribution in [-0.2, 0) is 11.2 Å². The lowest BCUT2D eigenvalue weighted by atomic mass is 9.95. The minimum atomic E-state index is -0.452. The van der Waals surface area contributed by atoms with E-state index in [4.69, 9.17) is 9.47 Å². The molecule has 1 N–H and O–H groups in total. The zero-order valence-corrected chi connectivity index (χ0v) is 11.3. The number of hydrogen-bond donors (Lipinski definition) is 1. The van der Waals surface area contributed by atoms with E-state index >= 15 is 0 Å². The van der Waals surface area contributed by atoms with Gasteiger partial charge in [0.25, 0.3) is 0 Å². The van der Waals surface area contributed by atoms with E-state index in [0.717, 1.165) is 17.7 Å². The van der Waals surface area contributed by atoms with Gasteiger partial charge in [-0.3, -0.25) is 4.79 Å². The van der Waals surface area contributed by atoms with Crippen molar-refractivity contribution >= 4 is 11.6 Å². The number of hydrogen-bond acceptors (Lipinski definition) is 3. The second-order valence-electron chi connectivity index (χ2n) is 5.43. The van der Waals surface area contributed by atoms with Crippen molar-refractivity contribution in [2.75, 3.05) is 19.0 Å². The molecule has 1 aliphatic rings. The Kier molecular flexibility index (Phi) is 3.20. The Hall–Kier alpha value is -1.71. The normalized spacial score (nSPS) is 13.8. The first-order chi connectivity index (χ1) is 8.43. The molecule has 0 fully saturated rings. The maximum atomic E-state index is 12.1. The third kappa shape index (κ3) is 2.28. The van der Waals surface area contributed by atoms with Gasteiger partial charge in [0.15, 0.2) is 0 Å². The highest BCUT2D eigenvalue weighted by Gasteiger charge is 2.26. The van der Waals surface area contributed by atoms with E-state index in [1.54, 1.807) is 7.11 Å². The summed E-state index contributed by atoms with van der Waals surface area (Å²) in [7, 11) is 1.59. The van der Waals surface area contributed by atoms with Crippen molar-refractivity contribution in [2.45, 2.75) is 27.2 Å². The molecule has 1 aromatic carbocycles.